The van der Waals surface area contributed by atoms with Gasteiger partial charge in [0.15, 0.2) is 0 Å². The first-order valence-electron chi connectivity index (χ1n) is 6.63. The molecule has 0 aromatic heterocycles. The smallest absolute Gasteiger partial charge is 0.317 e. The highest BCUT2D eigenvalue weighted by Crippen LogP contribution is 2.23. The number of amides is 2. The molecule has 0 radical (unpaired) electrons. The van der Waals surface area contributed by atoms with Gasteiger partial charge < -0.3 is 10.2 Å². The lowest BCUT2D eigenvalue weighted by Gasteiger charge is -2.26. The van der Waals surface area contributed by atoms with E-state index in [2.05, 4.69) is 35.7 Å². The van der Waals surface area contributed by atoms with Gasteiger partial charge in [0.1, 0.15) is 0 Å². The summed E-state index contributed by atoms with van der Waals surface area (Å²) < 4.78 is 0. The molecule has 1 N–H and O–H groups in total. The lowest BCUT2D eigenvalue weighted by atomic mass is 10.00. The maximum atomic E-state index is 11.9. The second kappa shape index (κ2) is 4.84. The van der Waals surface area contributed by atoms with Crippen molar-refractivity contribution in [3.63, 3.8) is 0 Å². The number of benzene rings is 1. The first-order chi connectivity index (χ1) is 8.83. The van der Waals surface area contributed by atoms with Gasteiger partial charge in [-0.3, -0.25) is 0 Å². The second-order valence-electron chi connectivity index (χ2n) is 5.02. The zero-order chi connectivity index (χ0) is 12.4. The van der Waals surface area contributed by atoms with Crippen LogP contribution < -0.4 is 5.32 Å². The van der Waals surface area contributed by atoms with Crippen LogP contribution in [0.3, 0.4) is 0 Å². The Hall–Kier alpha value is -1.77. The molecular weight excluding hydrogens is 224 g/mol. The summed E-state index contributed by atoms with van der Waals surface area (Å²) in [5.41, 5.74) is 2.63. The molecule has 0 bridgehead atoms. The number of carbonyl (C=O) groups is 1. The fraction of sp³-hybridized carbons (Fsp3) is 0.400. The Kier molecular flexibility index (Phi) is 3.05. The van der Waals surface area contributed by atoms with Gasteiger partial charge in [-0.1, -0.05) is 36.4 Å². The summed E-state index contributed by atoms with van der Waals surface area (Å²) in [5, 5.41) is 3.04. The number of hydrogen-bond acceptors (Lipinski definition) is 1. The number of rotatable bonds is 2. The van der Waals surface area contributed by atoms with Crippen LogP contribution in [0.2, 0.25) is 0 Å². The van der Waals surface area contributed by atoms with E-state index in [1.807, 2.05) is 11.0 Å². The van der Waals surface area contributed by atoms with Crippen molar-refractivity contribution in [2.24, 2.45) is 0 Å². The van der Waals surface area contributed by atoms with Crippen LogP contribution in [-0.2, 0) is 0 Å². The Bertz CT molecular complexity index is 463. The van der Waals surface area contributed by atoms with Gasteiger partial charge in [0.05, 0.1) is 0 Å². The molecular formula is C15H18N2O. The van der Waals surface area contributed by atoms with Crippen LogP contribution in [0.4, 0.5) is 4.79 Å². The summed E-state index contributed by atoms with van der Waals surface area (Å²) in [5.74, 6) is 0. The molecule has 18 heavy (non-hydrogen) atoms. The highest BCUT2D eigenvalue weighted by atomic mass is 16.2. The Balaban J connectivity index is 1.62. The molecule has 3 rings (SSSR count). The summed E-state index contributed by atoms with van der Waals surface area (Å²) in [7, 11) is 0. The van der Waals surface area contributed by atoms with E-state index in [0.717, 1.165) is 32.4 Å². The average molecular weight is 242 g/mol. The zero-order valence-electron chi connectivity index (χ0n) is 10.4. The Morgan fingerprint density at radius 1 is 1.22 bits per heavy atom. The van der Waals surface area contributed by atoms with Gasteiger partial charge in [-0.15, -0.1) is 0 Å². The Morgan fingerprint density at radius 3 is 2.61 bits per heavy atom. The van der Waals surface area contributed by atoms with Gasteiger partial charge in [0.2, 0.25) is 0 Å². The van der Waals surface area contributed by atoms with Gasteiger partial charge in [-0.2, -0.15) is 0 Å². The van der Waals surface area contributed by atoms with Crippen molar-refractivity contribution in [1.82, 2.24) is 10.2 Å². The highest BCUT2D eigenvalue weighted by molar-refractivity contribution is 5.77. The largest absolute Gasteiger partial charge is 0.335 e. The molecule has 1 fully saturated rings. The SMILES string of the molecule is O=C(NC1CC1)N1CC=C(c2ccccc2)CC1. The van der Waals surface area contributed by atoms with Gasteiger partial charge in [-0.25, -0.2) is 4.79 Å². The molecule has 94 valence electrons. The maximum Gasteiger partial charge on any atom is 0.317 e. The highest BCUT2D eigenvalue weighted by Gasteiger charge is 2.26. The first kappa shape index (κ1) is 11.3. The predicted molar refractivity (Wildman–Crippen MR) is 72.2 cm³/mol. The fourth-order valence-corrected chi connectivity index (χ4v) is 2.26. The van der Waals surface area contributed by atoms with Crippen LogP contribution in [0.15, 0.2) is 36.4 Å². The lowest BCUT2D eigenvalue weighted by Crippen LogP contribution is -2.42. The summed E-state index contributed by atoms with van der Waals surface area (Å²) in [6.07, 6.45) is 5.41. The molecule has 2 aliphatic rings. The van der Waals surface area contributed by atoms with Crippen LogP contribution in [0.5, 0.6) is 0 Å². The number of hydrogen-bond donors (Lipinski definition) is 1. The number of carbonyl (C=O) groups excluding carboxylic acids is 1. The molecule has 1 saturated carbocycles. The Labute approximate surface area is 107 Å². The van der Waals surface area contributed by atoms with E-state index in [-0.39, 0.29) is 6.03 Å². The minimum absolute atomic E-state index is 0.0980. The quantitative estimate of drug-likeness (QED) is 0.849. The zero-order valence-corrected chi connectivity index (χ0v) is 10.4. The molecule has 0 saturated heterocycles. The summed E-state index contributed by atoms with van der Waals surface area (Å²) in [4.78, 5) is 13.8. The molecule has 0 unspecified atom stereocenters. The van der Waals surface area contributed by atoms with Crippen molar-refractivity contribution in [3.8, 4) is 0 Å². The minimum atomic E-state index is 0.0980. The van der Waals surface area contributed by atoms with Crippen molar-refractivity contribution in [3.05, 3.63) is 42.0 Å². The topological polar surface area (TPSA) is 32.3 Å². The van der Waals surface area contributed by atoms with E-state index in [0.29, 0.717) is 6.04 Å². The van der Waals surface area contributed by atoms with E-state index in [1.165, 1.54) is 11.1 Å². The molecule has 1 aromatic carbocycles. The molecule has 1 heterocycles. The third-order valence-corrected chi connectivity index (χ3v) is 3.55. The molecule has 0 spiro atoms. The lowest BCUT2D eigenvalue weighted by molar-refractivity contribution is 0.202. The normalized spacial score (nSPS) is 19.3. The van der Waals surface area contributed by atoms with E-state index in [1.54, 1.807) is 0 Å². The van der Waals surface area contributed by atoms with Crippen molar-refractivity contribution >= 4 is 11.6 Å². The monoisotopic (exact) mass is 242 g/mol. The molecule has 2 amide bonds. The molecule has 1 aliphatic carbocycles. The van der Waals surface area contributed by atoms with E-state index < -0.39 is 0 Å². The van der Waals surface area contributed by atoms with Gasteiger partial charge in [0, 0.05) is 19.1 Å². The first-order valence-corrected chi connectivity index (χ1v) is 6.63. The van der Waals surface area contributed by atoms with Crippen LogP contribution in [0, 0.1) is 0 Å². The Morgan fingerprint density at radius 2 is 2.00 bits per heavy atom. The van der Waals surface area contributed by atoms with Crippen molar-refractivity contribution in [1.29, 1.82) is 0 Å². The van der Waals surface area contributed by atoms with Crippen molar-refractivity contribution < 1.29 is 4.79 Å². The van der Waals surface area contributed by atoms with Crippen LogP contribution in [0.1, 0.15) is 24.8 Å². The number of nitrogens with one attached hydrogen (secondary N) is 1. The molecule has 0 atom stereocenters. The van der Waals surface area contributed by atoms with Crippen LogP contribution in [0.25, 0.3) is 5.57 Å². The van der Waals surface area contributed by atoms with E-state index >= 15 is 0 Å². The third-order valence-electron chi connectivity index (χ3n) is 3.55. The van der Waals surface area contributed by atoms with E-state index in [9.17, 15) is 4.79 Å². The number of nitrogens with zero attached hydrogens (tertiary/aromatic N) is 1. The second-order valence-corrected chi connectivity index (χ2v) is 5.02. The molecule has 3 nitrogen and oxygen atoms in total. The molecule has 1 aliphatic heterocycles. The summed E-state index contributed by atoms with van der Waals surface area (Å²) in [6.45, 7) is 1.54. The minimum Gasteiger partial charge on any atom is -0.335 e. The summed E-state index contributed by atoms with van der Waals surface area (Å²) >= 11 is 0. The van der Waals surface area contributed by atoms with Crippen LogP contribution in [-0.4, -0.2) is 30.1 Å². The van der Waals surface area contributed by atoms with E-state index in [4.69, 9.17) is 0 Å². The van der Waals surface area contributed by atoms with Gasteiger partial charge >= 0.3 is 6.03 Å². The third kappa shape index (κ3) is 2.55. The van der Waals surface area contributed by atoms with Gasteiger partial charge in [-0.05, 0) is 30.4 Å². The van der Waals surface area contributed by atoms with Crippen molar-refractivity contribution in [2.45, 2.75) is 25.3 Å². The fourth-order valence-electron chi connectivity index (χ4n) is 2.26. The van der Waals surface area contributed by atoms with Crippen molar-refractivity contribution in [2.75, 3.05) is 13.1 Å². The summed E-state index contributed by atoms with van der Waals surface area (Å²) in [6, 6.07) is 10.9. The van der Waals surface area contributed by atoms with Crippen LogP contribution >= 0.6 is 0 Å². The molecule has 1 aromatic rings. The maximum absolute atomic E-state index is 11.9. The number of urea groups is 1. The van der Waals surface area contributed by atoms with Gasteiger partial charge in [0.25, 0.3) is 0 Å². The average Bonchev–Trinajstić information content (AvgIpc) is 3.24. The predicted octanol–water partition coefficient (Wildman–Crippen LogP) is 2.65. The molecule has 3 heteroatoms. The standard InChI is InChI=1S/C15H18N2O/c18-15(16-14-6-7-14)17-10-8-13(9-11-17)12-4-2-1-3-5-12/h1-5,8,14H,6-7,9-11H2,(H,16,18).